The van der Waals surface area contributed by atoms with Crippen molar-refractivity contribution in [3.05, 3.63) is 94.0 Å². The van der Waals surface area contributed by atoms with Crippen LogP contribution in [0.15, 0.2) is 77.3 Å². The lowest BCUT2D eigenvalue weighted by Crippen LogP contribution is -2.44. The maximum atomic E-state index is 13.4. The summed E-state index contributed by atoms with van der Waals surface area (Å²) in [5, 5.41) is 0. The summed E-state index contributed by atoms with van der Waals surface area (Å²) >= 11 is 3.36. The number of nitrogens with zero attached hydrogens (tertiary/aromatic N) is 2. The van der Waals surface area contributed by atoms with Crippen LogP contribution in [-0.4, -0.2) is 36.4 Å². The van der Waals surface area contributed by atoms with Gasteiger partial charge in [0.25, 0.3) is 17.7 Å². The van der Waals surface area contributed by atoms with Gasteiger partial charge in [-0.05, 0) is 48.5 Å². The number of hydrogen-bond acceptors (Lipinski definition) is 4. The van der Waals surface area contributed by atoms with Crippen LogP contribution in [0.25, 0.3) is 0 Å². The molecule has 0 aliphatic carbocycles. The van der Waals surface area contributed by atoms with Crippen molar-refractivity contribution < 1.29 is 19.1 Å². The minimum absolute atomic E-state index is 0.235. The van der Waals surface area contributed by atoms with Crippen LogP contribution >= 0.6 is 15.9 Å². The maximum absolute atomic E-state index is 13.4. The molecule has 3 aromatic carbocycles. The van der Waals surface area contributed by atoms with Gasteiger partial charge in [-0.25, -0.2) is 0 Å². The van der Waals surface area contributed by atoms with E-state index in [4.69, 9.17) is 4.74 Å². The van der Waals surface area contributed by atoms with Crippen molar-refractivity contribution in [2.75, 3.05) is 18.7 Å². The van der Waals surface area contributed by atoms with Gasteiger partial charge in [0.05, 0.1) is 23.9 Å². The van der Waals surface area contributed by atoms with Gasteiger partial charge in [-0.15, -0.1) is 0 Å². The number of benzene rings is 3. The van der Waals surface area contributed by atoms with Crippen molar-refractivity contribution in [1.82, 2.24) is 4.90 Å². The molecular weight excluding hydrogens is 448 g/mol. The SMILES string of the molecule is COc1ccccc1N(CN1C(=O)c2ccccc2C1=O)C(=O)c1ccc(Br)cc1. The third-order valence-electron chi connectivity index (χ3n) is 4.87. The summed E-state index contributed by atoms with van der Waals surface area (Å²) < 4.78 is 6.26. The highest BCUT2D eigenvalue weighted by Gasteiger charge is 2.37. The summed E-state index contributed by atoms with van der Waals surface area (Å²) in [6.45, 7) is -0.235. The number of carbonyl (C=O) groups excluding carboxylic acids is 3. The Balaban J connectivity index is 1.75. The van der Waals surface area contributed by atoms with Crippen molar-refractivity contribution >= 4 is 39.3 Å². The zero-order chi connectivity index (χ0) is 21.3. The Morgan fingerprint density at radius 1 is 0.900 bits per heavy atom. The van der Waals surface area contributed by atoms with Gasteiger partial charge in [0.1, 0.15) is 12.4 Å². The standard InChI is InChI=1S/C23H17BrN2O4/c1-30-20-9-5-4-8-19(20)25(21(27)15-10-12-16(24)13-11-15)14-26-22(28)17-6-2-3-7-18(17)23(26)29/h2-13H,14H2,1H3. The van der Waals surface area contributed by atoms with Gasteiger partial charge < -0.3 is 4.74 Å². The topological polar surface area (TPSA) is 66.9 Å². The molecular formula is C23H17BrN2O4. The summed E-state index contributed by atoms with van der Waals surface area (Å²) in [6, 6.07) is 20.5. The normalized spacial score (nSPS) is 12.7. The van der Waals surface area contributed by atoms with Crippen molar-refractivity contribution in [3.8, 4) is 5.75 Å². The lowest BCUT2D eigenvalue weighted by molar-refractivity contribution is 0.0650. The molecule has 0 N–H and O–H groups in total. The van der Waals surface area contributed by atoms with E-state index < -0.39 is 11.8 Å². The van der Waals surface area contributed by atoms with Crippen molar-refractivity contribution in [1.29, 1.82) is 0 Å². The number of ether oxygens (including phenoxy) is 1. The molecule has 7 heteroatoms. The average molecular weight is 465 g/mol. The van der Waals surface area contributed by atoms with Gasteiger partial charge in [-0.3, -0.25) is 24.2 Å². The smallest absolute Gasteiger partial charge is 0.263 e. The van der Waals surface area contributed by atoms with Crippen LogP contribution in [0.4, 0.5) is 5.69 Å². The molecule has 30 heavy (non-hydrogen) atoms. The molecule has 0 spiro atoms. The predicted octanol–water partition coefficient (Wildman–Crippen LogP) is 4.36. The molecule has 0 bridgehead atoms. The van der Waals surface area contributed by atoms with Crippen LogP contribution in [-0.2, 0) is 0 Å². The zero-order valence-electron chi connectivity index (χ0n) is 16.0. The highest BCUT2D eigenvalue weighted by atomic mass is 79.9. The number of hydrogen-bond donors (Lipinski definition) is 0. The summed E-state index contributed by atoms with van der Waals surface area (Å²) in [5.74, 6) is -0.763. The van der Waals surface area contributed by atoms with E-state index in [0.29, 0.717) is 28.1 Å². The molecule has 1 heterocycles. The van der Waals surface area contributed by atoms with Gasteiger partial charge in [0.2, 0.25) is 0 Å². The van der Waals surface area contributed by atoms with Gasteiger partial charge in [-0.2, -0.15) is 0 Å². The number of fused-ring (bicyclic) bond motifs is 1. The quantitative estimate of drug-likeness (QED) is 0.526. The molecule has 0 unspecified atom stereocenters. The van der Waals surface area contributed by atoms with Gasteiger partial charge >= 0.3 is 0 Å². The molecule has 6 nitrogen and oxygen atoms in total. The average Bonchev–Trinajstić information content (AvgIpc) is 3.02. The molecule has 0 saturated heterocycles. The van der Waals surface area contributed by atoms with E-state index in [0.717, 1.165) is 9.37 Å². The highest BCUT2D eigenvalue weighted by Crippen LogP contribution is 2.31. The number of para-hydroxylation sites is 2. The first-order valence-corrected chi connectivity index (χ1v) is 9.96. The Bertz CT molecular complexity index is 1110. The molecule has 1 aliphatic rings. The largest absolute Gasteiger partial charge is 0.495 e. The fourth-order valence-corrected chi connectivity index (χ4v) is 3.62. The second-order valence-electron chi connectivity index (χ2n) is 6.64. The monoisotopic (exact) mass is 464 g/mol. The third kappa shape index (κ3) is 3.48. The first-order valence-electron chi connectivity index (χ1n) is 9.17. The Morgan fingerprint density at radius 3 is 2.07 bits per heavy atom. The molecule has 0 atom stereocenters. The van der Waals surface area contributed by atoms with Crippen molar-refractivity contribution in [2.24, 2.45) is 0 Å². The maximum Gasteiger partial charge on any atom is 0.263 e. The number of halogens is 1. The van der Waals surface area contributed by atoms with Gasteiger partial charge in [0, 0.05) is 10.0 Å². The number of amides is 3. The number of carbonyl (C=O) groups is 3. The Labute approximate surface area is 181 Å². The van der Waals surface area contributed by atoms with E-state index in [1.165, 1.54) is 12.0 Å². The summed E-state index contributed by atoms with van der Waals surface area (Å²) in [4.78, 5) is 41.6. The lowest BCUT2D eigenvalue weighted by Gasteiger charge is -2.28. The third-order valence-corrected chi connectivity index (χ3v) is 5.40. The molecule has 0 fully saturated rings. The molecule has 4 rings (SSSR count). The zero-order valence-corrected chi connectivity index (χ0v) is 17.6. The Hall–Kier alpha value is -3.45. The van der Waals surface area contributed by atoms with E-state index in [2.05, 4.69) is 15.9 Å². The van der Waals surface area contributed by atoms with Crippen molar-refractivity contribution in [2.45, 2.75) is 0 Å². The van der Waals surface area contributed by atoms with E-state index >= 15 is 0 Å². The van der Waals surface area contributed by atoms with Gasteiger partial charge in [0.15, 0.2) is 0 Å². The molecule has 0 saturated carbocycles. The number of methoxy groups -OCH3 is 1. The van der Waals surface area contributed by atoms with Gasteiger partial charge in [-0.1, -0.05) is 40.2 Å². The van der Waals surface area contributed by atoms with Crippen LogP contribution < -0.4 is 9.64 Å². The number of rotatable bonds is 5. The molecule has 3 amide bonds. The first-order chi connectivity index (χ1) is 14.5. The van der Waals surface area contributed by atoms with Crippen molar-refractivity contribution in [3.63, 3.8) is 0 Å². The van der Waals surface area contributed by atoms with Crippen LogP contribution in [0.5, 0.6) is 5.75 Å². The molecule has 3 aromatic rings. The summed E-state index contributed by atoms with van der Waals surface area (Å²) in [6.07, 6.45) is 0. The highest BCUT2D eigenvalue weighted by molar-refractivity contribution is 9.10. The molecule has 0 aromatic heterocycles. The summed E-state index contributed by atoms with van der Waals surface area (Å²) in [7, 11) is 1.50. The predicted molar refractivity (Wildman–Crippen MR) is 116 cm³/mol. The van der Waals surface area contributed by atoms with E-state index in [1.807, 2.05) is 0 Å². The molecule has 0 radical (unpaired) electrons. The second-order valence-corrected chi connectivity index (χ2v) is 7.55. The molecule has 1 aliphatic heterocycles. The minimum atomic E-state index is -0.431. The van der Waals surface area contributed by atoms with E-state index in [-0.39, 0.29) is 12.6 Å². The fraction of sp³-hybridized carbons (Fsp3) is 0.0870. The Morgan fingerprint density at radius 2 is 1.47 bits per heavy atom. The number of imide groups is 1. The minimum Gasteiger partial charge on any atom is -0.495 e. The molecule has 150 valence electrons. The first kappa shape index (κ1) is 19.8. The van der Waals surface area contributed by atoms with Crippen LogP contribution in [0, 0.1) is 0 Å². The lowest BCUT2D eigenvalue weighted by atomic mass is 10.1. The second kappa shape index (κ2) is 8.12. The van der Waals surface area contributed by atoms with Crippen LogP contribution in [0.2, 0.25) is 0 Å². The van der Waals surface area contributed by atoms with E-state index in [9.17, 15) is 14.4 Å². The fourth-order valence-electron chi connectivity index (χ4n) is 3.36. The Kier molecular flexibility index (Phi) is 5.37. The number of anilines is 1. The van der Waals surface area contributed by atoms with Crippen LogP contribution in [0.3, 0.4) is 0 Å². The van der Waals surface area contributed by atoms with E-state index in [1.54, 1.807) is 72.8 Å². The van der Waals surface area contributed by atoms with Crippen LogP contribution in [0.1, 0.15) is 31.1 Å². The summed E-state index contributed by atoms with van der Waals surface area (Å²) in [5.41, 5.74) is 1.54.